The summed E-state index contributed by atoms with van der Waals surface area (Å²) in [7, 11) is 0. The monoisotopic (exact) mass is 416 g/mol. The molecule has 154 valence electrons. The van der Waals surface area contributed by atoms with Gasteiger partial charge < -0.3 is 18.9 Å². The fraction of sp³-hybridized carbons (Fsp3) is 0.389. The van der Waals surface area contributed by atoms with Crippen LogP contribution in [0.3, 0.4) is 0 Å². The molecule has 9 nitrogen and oxygen atoms in total. The minimum absolute atomic E-state index is 0.240. The summed E-state index contributed by atoms with van der Waals surface area (Å²) in [5.41, 5.74) is -1.42. The summed E-state index contributed by atoms with van der Waals surface area (Å²) in [5.74, 6) is -3.17. The lowest BCUT2D eigenvalue weighted by Gasteiger charge is -2.31. The molecule has 0 rings (SSSR count). The van der Waals surface area contributed by atoms with E-state index in [2.05, 4.69) is 19.7 Å². The van der Waals surface area contributed by atoms with Gasteiger partial charge in [0.15, 0.2) is 0 Å². The summed E-state index contributed by atoms with van der Waals surface area (Å²) in [5, 5.41) is -0.719. The first kappa shape index (κ1) is 25.1. The van der Waals surface area contributed by atoms with Gasteiger partial charge in [0, 0.05) is 24.6 Å². The van der Waals surface area contributed by atoms with Crippen LogP contribution in [-0.4, -0.2) is 55.5 Å². The molecule has 28 heavy (non-hydrogen) atoms. The van der Waals surface area contributed by atoms with Crippen LogP contribution in [0.15, 0.2) is 38.0 Å². The van der Waals surface area contributed by atoms with Crippen molar-refractivity contribution in [3.05, 3.63) is 38.0 Å². The first-order chi connectivity index (χ1) is 13.2. The molecule has 0 bridgehead atoms. The van der Waals surface area contributed by atoms with Gasteiger partial charge in [0.25, 0.3) is 0 Å². The van der Waals surface area contributed by atoms with Gasteiger partial charge in [-0.15, -0.1) is 0 Å². The van der Waals surface area contributed by atoms with Crippen LogP contribution in [-0.2, 0) is 42.9 Å². The molecule has 0 aliphatic heterocycles. The summed E-state index contributed by atoms with van der Waals surface area (Å²) in [6.45, 7) is 7.98. The van der Waals surface area contributed by atoms with E-state index < -0.39 is 61.0 Å². The zero-order valence-electron chi connectivity index (χ0n) is 15.1. The normalized spacial score (nSPS) is 10.2. The van der Waals surface area contributed by atoms with E-state index in [0.29, 0.717) is 0 Å². The van der Waals surface area contributed by atoms with E-state index in [1.165, 1.54) is 0 Å². The molecule has 0 aliphatic rings. The summed E-state index contributed by atoms with van der Waals surface area (Å²) in [4.78, 5) is 56.8. The summed E-state index contributed by atoms with van der Waals surface area (Å²) >= 11 is 5.17. The standard InChI is InChI=1S/C18H21ClO9/c1-4-14(21)25-9-18(10-26-15(22)5-2,11-27-16(23)6-3)12-28-17(24)8-7-13(19)20/h4-6H,1-3,7-12H2. The Balaban J connectivity index is 5.36. The van der Waals surface area contributed by atoms with Crippen molar-refractivity contribution in [2.45, 2.75) is 12.8 Å². The summed E-state index contributed by atoms with van der Waals surface area (Å²) in [6, 6.07) is 0. The number of rotatable bonds is 14. The van der Waals surface area contributed by atoms with Gasteiger partial charge in [-0.1, -0.05) is 19.7 Å². The fourth-order valence-electron chi connectivity index (χ4n) is 1.61. The van der Waals surface area contributed by atoms with E-state index in [-0.39, 0.29) is 12.8 Å². The predicted molar refractivity (Wildman–Crippen MR) is 97.0 cm³/mol. The SMILES string of the molecule is C=CC(=O)OCC(COC(=O)C=C)(COC(=O)C=C)COC(=O)CCC(=O)Cl. The Morgan fingerprint density at radius 3 is 1.36 bits per heavy atom. The van der Waals surface area contributed by atoms with Gasteiger partial charge in [0.1, 0.15) is 31.8 Å². The van der Waals surface area contributed by atoms with Crippen LogP contribution in [0, 0.1) is 5.41 Å². The van der Waals surface area contributed by atoms with Gasteiger partial charge in [-0.3, -0.25) is 9.59 Å². The molecule has 0 unspecified atom stereocenters. The topological polar surface area (TPSA) is 122 Å². The van der Waals surface area contributed by atoms with Crippen LogP contribution in [0.5, 0.6) is 0 Å². The van der Waals surface area contributed by atoms with Crippen LogP contribution < -0.4 is 0 Å². The van der Waals surface area contributed by atoms with Crippen molar-refractivity contribution < 1.29 is 42.9 Å². The third kappa shape index (κ3) is 10.9. The van der Waals surface area contributed by atoms with Gasteiger partial charge in [-0.05, 0) is 11.6 Å². The number of esters is 4. The Morgan fingerprint density at radius 2 is 1.04 bits per heavy atom. The lowest BCUT2D eigenvalue weighted by atomic mass is 9.92. The summed E-state index contributed by atoms with van der Waals surface area (Å²) in [6.07, 6.45) is 2.16. The van der Waals surface area contributed by atoms with Crippen LogP contribution in [0.25, 0.3) is 0 Å². The molecule has 0 radical (unpaired) electrons. The van der Waals surface area contributed by atoms with Gasteiger partial charge in [-0.25, -0.2) is 14.4 Å². The predicted octanol–water partition coefficient (Wildman–Crippen LogP) is 1.25. The van der Waals surface area contributed by atoms with Gasteiger partial charge in [0.05, 0.1) is 6.42 Å². The number of ether oxygens (including phenoxy) is 4. The first-order valence-electron chi connectivity index (χ1n) is 7.89. The molecule has 0 spiro atoms. The van der Waals surface area contributed by atoms with Crippen LogP contribution in [0.1, 0.15) is 12.8 Å². The molecule has 10 heteroatoms. The molecule has 0 saturated carbocycles. The highest BCUT2D eigenvalue weighted by Crippen LogP contribution is 2.22. The number of hydrogen-bond acceptors (Lipinski definition) is 9. The number of halogens is 1. The second-order valence-electron chi connectivity index (χ2n) is 5.45. The molecule has 0 aromatic carbocycles. The van der Waals surface area contributed by atoms with Crippen LogP contribution in [0.4, 0.5) is 0 Å². The third-order valence-electron chi connectivity index (χ3n) is 3.13. The molecule has 0 saturated heterocycles. The van der Waals surface area contributed by atoms with Crippen molar-refractivity contribution in [1.82, 2.24) is 0 Å². The highest BCUT2D eigenvalue weighted by molar-refractivity contribution is 6.63. The van der Waals surface area contributed by atoms with Gasteiger partial charge in [-0.2, -0.15) is 0 Å². The molecular formula is C18H21ClO9. The van der Waals surface area contributed by atoms with E-state index in [1.54, 1.807) is 0 Å². The molecule has 0 N–H and O–H groups in total. The smallest absolute Gasteiger partial charge is 0.330 e. The van der Waals surface area contributed by atoms with Crippen molar-refractivity contribution in [3.63, 3.8) is 0 Å². The van der Waals surface area contributed by atoms with E-state index in [4.69, 9.17) is 30.5 Å². The van der Waals surface area contributed by atoms with E-state index in [0.717, 1.165) is 18.2 Å². The number of carbonyl (C=O) groups is 5. The Labute approximate surface area is 166 Å². The third-order valence-corrected chi connectivity index (χ3v) is 3.32. The van der Waals surface area contributed by atoms with E-state index in [1.807, 2.05) is 0 Å². The molecular weight excluding hydrogens is 396 g/mol. The second kappa shape index (κ2) is 13.3. The van der Waals surface area contributed by atoms with Crippen molar-refractivity contribution in [2.75, 3.05) is 26.4 Å². The first-order valence-corrected chi connectivity index (χ1v) is 8.27. The molecule has 0 aromatic heterocycles. The average molecular weight is 417 g/mol. The second-order valence-corrected chi connectivity index (χ2v) is 5.87. The van der Waals surface area contributed by atoms with E-state index in [9.17, 15) is 24.0 Å². The maximum absolute atomic E-state index is 11.8. The van der Waals surface area contributed by atoms with Gasteiger partial charge >= 0.3 is 23.9 Å². The fourth-order valence-corrected chi connectivity index (χ4v) is 1.70. The molecule has 0 atom stereocenters. The minimum Gasteiger partial charge on any atom is -0.465 e. The number of hydrogen-bond donors (Lipinski definition) is 0. The number of carbonyl (C=O) groups excluding carboxylic acids is 5. The average Bonchev–Trinajstić information content (AvgIpc) is 2.69. The Kier molecular flexibility index (Phi) is 11.9. The molecule has 0 amide bonds. The zero-order chi connectivity index (χ0) is 21.6. The molecule has 0 heterocycles. The van der Waals surface area contributed by atoms with Crippen LogP contribution >= 0.6 is 11.6 Å². The maximum Gasteiger partial charge on any atom is 0.330 e. The highest BCUT2D eigenvalue weighted by Gasteiger charge is 2.37. The van der Waals surface area contributed by atoms with Gasteiger partial charge in [0.2, 0.25) is 5.24 Å². The lowest BCUT2D eigenvalue weighted by Crippen LogP contribution is -2.43. The lowest BCUT2D eigenvalue weighted by molar-refractivity contribution is -0.166. The largest absolute Gasteiger partial charge is 0.465 e. The van der Waals surface area contributed by atoms with E-state index >= 15 is 0 Å². The van der Waals surface area contributed by atoms with Crippen molar-refractivity contribution in [2.24, 2.45) is 5.41 Å². The molecule has 0 aliphatic carbocycles. The Morgan fingerprint density at radius 1 is 0.679 bits per heavy atom. The van der Waals surface area contributed by atoms with Crippen molar-refractivity contribution >= 4 is 40.7 Å². The summed E-state index contributed by atoms with van der Waals surface area (Å²) < 4.78 is 19.9. The molecule has 0 aromatic rings. The Hall–Kier alpha value is -2.94. The van der Waals surface area contributed by atoms with Crippen molar-refractivity contribution in [1.29, 1.82) is 0 Å². The maximum atomic E-state index is 11.8. The Bertz CT molecular complexity index is 579. The quantitative estimate of drug-likeness (QED) is 0.178. The van der Waals surface area contributed by atoms with Crippen molar-refractivity contribution in [3.8, 4) is 0 Å². The minimum atomic E-state index is -1.42. The van der Waals surface area contributed by atoms with Crippen LogP contribution in [0.2, 0.25) is 0 Å². The zero-order valence-corrected chi connectivity index (χ0v) is 15.9. The molecule has 0 fully saturated rings. The highest BCUT2D eigenvalue weighted by atomic mass is 35.5.